The van der Waals surface area contributed by atoms with Crippen molar-refractivity contribution in [1.82, 2.24) is 5.32 Å². The van der Waals surface area contributed by atoms with Crippen molar-refractivity contribution in [2.24, 2.45) is 0 Å². The highest BCUT2D eigenvalue weighted by molar-refractivity contribution is 6.31. The number of hydrogen-bond donors (Lipinski definition) is 2. The summed E-state index contributed by atoms with van der Waals surface area (Å²) >= 11 is 5.78. The molecular weight excluding hydrogens is 295 g/mol. The van der Waals surface area contributed by atoms with E-state index >= 15 is 0 Å². The highest BCUT2D eigenvalue weighted by Crippen LogP contribution is 2.10. The summed E-state index contributed by atoms with van der Waals surface area (Å²) in [6.07, 6.45) is 0. The van der Waals surface area contributed by atoms with Crippen molar-refractivity contribution in [3.05, 3.63) is 64.9 Å². The van der Waals surface area contributed by atoms with Crippen molar-refractivity contribution in [3.8, 4) is 0 Å². The Kier molecular flexibility index (Phi) is 4.90. The minimum atomic E-state index is -0.448. The molecule has 0 atom stereocenters. The zero-order valence-corrected chi connectivity index (χ0v) is 11.7. The van der Waals surface area contributed by atoms with Gasteiger partial charge in [-0.1, -0.05) is 23.7 Å². The first-order chi connectivity index (χ1) is 10.0. The summed E-state index contributed by atoms with van der Waals surface area (Å²) in [4.78, 5) is 23.5. The van der Waals surface area contributed by atoms with Crippen LogP contribution in [0.15, 0.2) is 48.5 Å². The second-order valence-corrected chi connectivity index (χ2v) is 4.69. The second kappa shape index (κ2) is 6.85. The molecule has 108 valence electrons. The first kappa shape index (κ1) is 15.0. The van der Waals surface area contributed by atoms with Gasteiger partial charge in [-0.2, -0.15) is 0 Å². The molecule has 2 aromatic carbocycles. The zero-order chi connectivity index (χ0) is 15.2. The summed E-state index contributed by atoms with van der Waals surface area (Å²) in [5, 5.41) is 5.38. The van der Waals surface area contributed by atoms with Gasteiger partial charge in [-0.15, -0.1) is 0 Å². The summed E-state index contributed by atoms with van der Waals surface area (Å²) in [5.41, 5.74) is 0.693. The molecule has 2 rings (SSSR count). The fourth-order valence-electron chi connectivity index (χ4n) is 1.66. The maximum Gasteiger partial charge on any atom is 0.251 e. The van der Waals surface area contributed by atoms with E-state index in [-0.39, 0.29) is 6.54 Å². The number of anilines is 1. The fourth-order valence-corrected chi connectivity index (χ4v) is 1.85. The minimum Gasteiger partial charge on any atom is -0.343 e. The topological polar surface area (TPSA) is 58.2 Å². The number of amides is 2. The van der Waals surface area contributed by atoms with E-state index in [1.807, 2.05) is 0 Å². The number of nitrogens with one attached hydrogen (secondary N) is 2. The van der Waals surface area contributed by atoms with Crippen molar-refractivity contribution in [3.63, 3.8) is 0 Å². The standard InChI is InChI=1S/C15H12ClFN2O2/c16-11-4-1-3-10(7-11)15(21)18-9-14(20)19-13-6-2-5-12(17)8-13/h1-8H,9H2,(H,18,21)(H,19,20). The van der Waals surface area contributed by atoms with Crippen LogP contribution in [0, 0.1) is 5.82 Å². The van der Waals surface area contributed by atoms with E-state index in [0.717, 1.165) is 0 Å². The molecular formula is C15H12ClFN2O2. The number of benzene rings is 2. The molecule has 0 spiro atoms. The minimum absolute atomic E-state index is 0.220. The molecule has 0 aliphatic rings. The number of carbonyl (C=O) groups is 2. The second-order valence-electron chi connectivity index (χ2n) is 4.25. The third-order valence-corrected chi connectivity index (χ3v) is 2.84. The molecule has 21 heavy (non-hydrogen) atoms. The Morgan fingerprint density at radius 3 is 2.57 bits per heavy atom. The lowest BCUT2D eigenvalue weighted by molar-refractivity contribution is -0.115. The van der Waals surface area contributed by atoms with Crippen LogP contribution in [-0.4, -0.2) is 18.4 Å². The predicted octanol–water partition coefficient (Wildman–Crippen LogP) is 2.85. The van der Waals surface area contributed by atoms with E-state index < -0.39 is 17.6 Å². The van der Waals surface area contributed by atoms with Crippen LogP contribution in [-0.2, 0) is 4.79 Å². The summed E-state index contributed by atoms with van der Waals surface area (Å²) in [6.45, 7) is -0.220. The maximum absolute atomic E-state index is 13.0. The van der Waals surface area contributed by atoms with E-state index in [1.54, 1.807) is 24.3 Å². The normalized spacial score (nSPS) is 10.0. The Balaban J connectivity index is 1.88. The first-order valence-corrected chi connectivity index (χ1v) is 6.51. The van der Waals surface area contributed by atoms with E-state index in [1.165, 1.54) is 24.3 Å². The van der Waals surface area contributed by atoms with Gasteiger partial charge in [0.2, 0.25) is 5.91 Å². The lowest BCUT2D eigenvalue weighted by Gasteiger charge is -2.07. The van der Waals surface area contributed by atoms with Gasteiger partial charge in [0.05, 0.1) is 6.54 Å². The van der Waals surface area contributed by atoms with Gasteiger partial charge in [-0.25, -0.2) is 4.39 Å². The molecule has 0 unspecified atom stereocenters. The van der Waals surface area contributed by atoms with E-state index in [2.05, 4.69) is 10.6 Å². The Bertz CT molecular complexity index is 676. The van der Waals surface area contributed by atoms with Crippen molar-refractivity contribution < 1.29 is 14.0 Å². The van der Waals surface area contributed by atoms with E-state index in [4.69, 9.17) is 11.6 Å². The summed E-state index contributed by atoms with van der Waals surface area (Å²) in [6, 6.07) is 11.9. The fraction of sp³-hybridized carbons (Fsp3) is 0.0667. The highest BCUT2D eigenvalue weighted by Gasteiger charge is 2.08. The van der Waals surface area contributed by atoms with Gasteiger partial charge < -0.3 is 10.6 Å². The Morgan fingerprint density at radius 1 is 1.10 bits per heavy atom. The predicted molar refractivity (Wildman–Crippen MR) is 78.8 cm³/mol. The summed E-state index contributed by atoms with van der Waals surface area (Å²) in [7, 11) is 0. The van der Waals surface area contributed by atoms with Gasteiger partial charge in [-0.3, -0.25) is 9.59 Å². The van der Waals surface area contributed by atoms with Gasteiger partial charge in [0.25, 0.3) is 5.91 Å². The maximum atomic E-state index is 13.0. The van der Waals surface area contributed by atoms with Gasteiger partial charge >= 0.3 is 0 Å². The Labute approximate surface area is 125 Å². The molecule has 0 fully saturated rings. The lowest BCUT2D eigenvalue weighted by atomic mass is 10.2. The number of halogens is 2. The molecule has 0 aliphatic carbocycles. The molecule has 2 amide bonds. The van der Waals surface area contributed by atoms with Crippen molar-refractivity contribution in [2.45, 2.75) is 0 Å². The number of hydrogen-bond acceptors (Lipinski definition) is 2. The summed E-state index contributed by atoms with van der Waals surface area (Å²) in [5.74, 6) is -1.31. The molecule has 0 aliphatic heterocycles. The molecule has 0 aromatic heterocycles. The van der Waals surface area contributed by atoms with Crippen LogP contribution < -0.4 is 10.6 Å². The molecule has 0 saturated carbocycles. The Hall–Kier alpha value is -2.40. The van der Waals surface area contributed by atoms with Crippen LogP contribution in [0.1, 0.15) is 10.4 Å². The third-order valence-electron chi connectivity index (χ3n) is 2.60. The molecule has 0 bridgehead atoms. The first-order valence-electron chi connectivity index (χ1n) is 6.14. The van der Waals surface area contributed by atoms with Crippen molar-refractivity contribution in [1.29, 1.82) is 0 Å². The van der Waals surface area contributed by atoms with E-state index in [0.29, 0.717) is 16.3 Å². The van der Waals surface area contributed by atoms with Crippen molar-refractivity contribution in [2.75, 3.05) is 11.9 Å². The quantitative estimate of drug-likeness (QED) is 0.912. The lowest BCUT2D eigenvalue weighted by Crippen LogP contribution is -2.32. The third kappa shape index (κ3) is 4.57. The highest BCUT2D eigenvalue weighted by atomic mass is 35.5. The zero-order valence-electron chi connectivity index (χ0n) is 10.9. The van der Waals surface area contributed by atoms with Gasteiger partial charge in [0, 0.05) is 16.3 Å². The van der Waals surface area contributed by atoms with Crippen molar-refractivity contribution >= 4 is 29.1 Å². The average Bonchev–Trinajstić information content (AvgIpc) is 2.45. The monoisotopic (exact) mass is 306 g/mol. The van der Waals surface area contributed by atoms with Crippen LogP contribution in [0.2, 0.25) is 5.02 Å². The smallest absolute Gasteiger partial charge is 0.251 e. The van der Waals surface area contributed by atoms with Crippen LogP contribution in [0.25, 0.3) is 0 Å². The Morgan fingerprint density at radius 2 is 1.86 bits per heavy atom. The van der Waals surface area contributed by atoms with Crippen LogP contribution in [0.5, 0.6) is 0 Å². The van der Waals surface area contributed by atoms with Gasteiger partial charge in [0.15, 0.2) is 0 Å². The van der Waals surface area contributed by atoms with E-state index in [9.17, 15) is 14.0 Å². The molecule has 2 aromatic rings. The van der Waals surface area contributed by atoms with Crippen LogP contribution in [0.4, 0.5) is 10.1 Å². The molecule has 2 N–H and O–H groups in total. The number of carbonyl (C=O) groups excluding carboxylic acids is 2. The molecule has 6 heteroatoms. The molecule has 4 nitrogen and oxygen atoms in total. The molecule has 0 radical (unpaired) electrons. The number of rotatable bonds is 4. The largest absolute Gasteiger partial charge is 0.343 e. The van der Waals surface area contributed by atoms with Gasteiger partial charge in [0.1, 0.15) is 5.82 Å². The van der Waals surface area contributed by atoms with Crippen LogP contribution >= 0.6 is 11.6 Å². The molecule has 0 heterocycles. The van der Waals surface area contributed by atoms with Gasteiger partial charge in [-0.05, 0) is 36.4 Å². The SMILES string of the molecule is O=C(CNC(=O)c1cccc(Cl)c1)Nc1cccc(F)c1. The summed E-state index contributed by atoms with van der Waals surface area (Å²) < 4.78 is 13.0. The average molecular weight is 307 g/mol. The van der Waals surface area contributed by atoms with Crippen LogP contribution in [0.3, 0.4) is 0 Å². The molecule has 0 saturated heterocycles.